The quantitative estimate of drug-likeness (QED) is 0.639. The molecule has 0 saturated carbocycles. The number of hydrogen-bond donors (Lipinski definition) is 2. The van der Waals surface area contributed by atoms with Gasteiger partial charge in [0.2, 0.25) is 5.82 Å². The molecular formula is C12H12N4O2. The van der Waals surface area contributed by atoms with Crippen molar-refractivity contribution in [1.29, 1.82) is 0 Å². The molecule has 0 amide bonds. The van der Waals surface area contributed by atoms with E-state index < -0.39 is 4.92 Å². The molecule has 0 aliphatic heterocycles. The first-order chi connectivity index (χ1) is 8.58. The summed E-state index contributed by atoms with van der Waals surface area (Å²) in [4.78, 5) is 14.4. The maximum Gasteiger partial charge on any atom is 0.311 e. The van der Waals surface area contributed by atoms with E-state index >= 15 is 0 Å². The zero-order valence-electron chi connectivity index (χ0n) is 9.75. The number of pyridine rings is 1. The topological polar surface area (TPSA) is 94.1 Å². The van der Waals surface area contributed by atoms with Gasteiger partial charge in [0.05, 0.1) is 4.92 Å². The lowest BCUT2D eigenvalue weighted by Crippen LogP contribution is -2.02. The summed E-state index contributed by atoms with van der Waals surface area (Å²) in [6.45, 7) is 1.90. The molecule has 2 rings (SSSR count). The molecule has 1 heterocycles. The highest BCUT2D eigenvalue weighted by Crippen LogP contribution is 2.27. The van der Waals surface area contributed by atoms with Crippen molar-refractivity contribution in [1.82, 2.24) is 4.98 Å². The van der Waals surface area contributed by atoms with E-state index in [1.807, 2.05) is 31.2 Å². The molecule has 6 nitrogen and oxygen atoms in total. The fourth-order valence-electron chi connectivity index (χ4n) is 1.55. The highest BCUT2D eigenvalue weighted by atomic mass is 16.6. The summed E-state index contributed by atoms with van der Waals surface area (Å²) in [5.74, 6) is 0.381. The molecule has 0 fully saturated rings. The molecule has 92 valence electrons. The average Bonchev–Trinajstić information content (AvgIpc) is 2.32. The van der Waals surface area contributed by atoms with Gasteiger partial charge in [0.25, 0.3) is 0 Å². The largest absolute Gasteiger partial charge is 0.384 e. The number of para-hydroxylation sites is 1. The van der Waals surface area contributed by atoms with E-state index in [9.17, 15) is 10.1 Å². The fourth-order valence-corrected chi connectivity index (χ4v) is 1.55. The van der Waals surface area contributed by atoms with Crippen molar-refractivity contribution in [3.8, 4) is 0 Å². The molecule has 0 atom stereocenters. The number of nitrogen functional groups attached to an aromatic ring is 1. The van der Waals surface area contributed by atoms with Crippen LogP contribution in [-0.2, 0) is 0 Å². The Morgan fingerprint density at radius 2 is 2.00 bits per heavy atom. The SMILES string of the molecule is Cc1ccccc1Nc1nc(N)ccc1[N+](=O)[O-]. The average molecular weight is 244 g/mol. The maximum absolute atomic E-state index is 10.9. The number of nitro groups is 1. The van der Waals surface area contributed by atoms with Gasteiger partial charge < -0.3 is 11.1 Å². The van der Waals surface area contributed by atoms with E-state index in [-0.39, 0.29) is 17.3 Å². The van der Waals surface area contributed by atoms with Gasteiger partial charge in [-0.05, 0) is 24.6 Å². The summed E-state index contributed by atoms with van der Waals surface area (Å²) >= 11 is 0. The fraction of sp³-hybridized carbons (Fsp3) is 0.0833. The molecule has 3 N–H and O–H groups in total. The van der Waals surface area contributed by atoms with E-state index in [4.69, 9.17) is 5.73 Å². The second-order valence-electron chi connectivity index (χ2n) is 3.80. The molecule has 0 radical (unpaired) electrons. The third kappa shape index (κ3) is 2.37. The summed E-state index contributed by atoms with van der Waals surface area (Å²) in [5, 5.41) is 13.8. The van der Waals surface area contributed by atoms with Crippen LogP contribution in [0.3, 0.4) is 0 Å². The maximum atomic E-state index is 10.9. The van der Waals surface area contributed by atoms with Gasteiger partial charge in [-0.15, -0.1) is 0 Å². The van der Waals surface area contributed by atoms with Gasteiger partial charge >= 0.3 is 5.69 Å². The van der Waals surface area contributed by atoms with Crippen LogP contribution in [0.4, 0.5) is 23.0 Å². The number of aryl methyl sites for hydroxylation is 1. The molecule has 6 heteroatoms. The van der Waals surface area contributed by atoms with E-state index in [1.54, 1.807) is 0 Å². The second-order valence-corrected chi connectivity index (χ2v) is 3.80. The Bertz CT molecular complexity index is 598. The van der Waals surface area contributed by atoms with Crippen molar-refractivity contribution < 1.29 is 4.92 Å². The number of benzene rings is 1. The highest BCUT2D eigenvalue weighted by Gasteiger charge is 2.15. The minimum atomic E-state index is -0.493. The Hall–Kier alpha value is -2.63. The summed E-state index contributed by atoms with van der Waals surface area (Å²) < 4.78 is 0. The van der Waals surface area contributed by atoms with E-state index in [1.165, 1.54) is 12.1 Å². The van der Waals surface area contributed by atoms with Gasteiger partial charge in [-0.1, -0.05) is 18.2 Å². The summed E-state index contributed by atoms with van der Waals surface area (Å²) in [5.41, 5.74) is 7.17. The van der Waals surface area contributed by atoms with Crippen LogP contribution in [0.5, 0.6) is 0 Å². The van der Waals surface area contributed by atoms with E-state index in [2.05, 4.69) is 10.3 Å². The molecule has 0 aliphatic carbocycles. The normalized spacial score (nSPS) is 10.1. The van der Waals surface area contributed by atoms with Gasteiger partial charge in [-0.3, -0.25) is 10.1 Å². The number of nitrogens with zero attached hydrogens (tertiary/aromatic N) is 2. The molecule has 1 aromatic carbocycles. The van der Waals surface area contributed by atoms with Crippen LogP contribution in [0, 0.1) is 17.0 Å². The molecule has 0 bridgehead atoms. The Labute approximate surface area is 104 Å². The summed E-state index contributed by atoms with van der Waals surface area (Å²) in [7, 11) is 0. The van der Waals surface area contributed by atoms with Crippen LogP contribution in [0.15, 0.2) is 36.4 Å². The van der Waals surface area contributed by atoms with Crippen LogP contribution in [0.1, 0.15) is 5.56 Å². The van der Waals surface area contributed by atoms with Gasteiger partial charge in [-0.2, -0.15) is 0 Å². The first-order valence-corrected chi connectivity index (χ1v) is 5.31. The lowest BCUT2D eigenvalue weighted by Gasteiger charge is -2.09. The van der Waals surface area contributed by atoms with Crippen molar-refractivity contribution in [2.45, 2.75) is 6.92 Å². The van der Waals surface area contributed by atoms with Crippen molar-refractivity contribution in [3.05, 3.63) is 52.1 Å². The van der Waals surface area contributed by atoms with Crippen LogP contribution >= 0.6 is 0 Å². The van der Waals surface area contributed by atoms with Gasteiger partial charge in [0.1, 0.15) is 5.82 Å². The van der Waals surface area contributed by atoms with E-state index in [0.717, 1.165) is 11.3 Å². The van der Waals surface area contributed by atoms with Crippen molar-refractivity contribution in [2.75, 3.05) is 11.1 Å². The molecule has 0 unspecified atom stereocenters. The molecule has 0 aliphatic rings. The standard InChI is InChI=1S/C12H12N4O2/c1-8-4-2-3-5-9(8)14-12-10(16(17)18)6-7-11(13)15-12/h2-7H,1H3,(H3,13,14,15). The minimum Gasteiger partial charge on any atom is -0.384 e. The van der Waals surface area contributed by atoms with Crippen molar-refractivity contribution in [2.24, 2.45) is 0 Å². The molecule has 2 aromatic rings. The number of aromatic nitrogens is 1. The van der Waals surface area contributed by atoms with Crippen molar-refractivity contribution >= 4 is 23.0 Å². The zero-order chi connectivity index (χ0) is 13.1. The predicted octanol–water partition coefficient (Wildman–Crippen LogP) is 2.62. The third-order valence-corrected chi connectivity index (χ3v) is 2.49. The van der Waals surface area contributed by atoms with Crippen LogP contribution in [0.25, 0.3) is 0 Å². The number of hydrogen-bond acceptors (Lipinski definition) is 5. The molecule has 18 heavy (non-hydrogen) atoms. The number of rotatable bonds is 3. The van der Waals surface area contributed by atoms with Crippen LogP contribution in [-0.4, -0.2) is 9.91 Å². The number of anilines is 3. The Morgan fingerprint density at radius 3 is 2.67 bits per heavy atom. The molecule has 1 aromatic heterocycles. The minimum absolute atomic E-state index is 0.104. The molecule has 0 spiro atoms. The Kier molecular flexibility index (Phi) is 3.09. The lowest BCUT2D eigenvalue weighted by atomic mass is 10.2. The van der Waals surface area contributed by atoms with Crippen molar-refractivity contribution in [3.63, 3.8) is 0 Å². The van der Waals surface area contributed by atoms with Crippen LogP contribution < -0.4 is 11.1 Å². The van der Waals surface area contributed by atoms with Gasteiger partial charge in [-0.25, -0.2) is 4.98 Å². The summed E-state index contributed by atoms with van der Waals surface area (Å²) in [6.07, 6.45) is 0. The predicted molar refractivity (Wildman–Crippen MR) is 69.8 cm³/mol. The highest BCUT2D eigenvalue weighted by molar-refractivity contribution is 5.68. The monoisotopic (exact) mass is 244 g/mol. The Balaban J connectivity index is 2.42. The zero-order valence-corrected chi connectivity index (χ0v) is 9.75. The second kappa shape index (κ2) is 4.70. The smallest absolute Gasteiger partial charge is 0.311 e. The number of nitrogens with one attached hydrogen (secondary N) is 1. The van der Waals surface area contributed by atoms with Gasteiger partial charge in [0, 0.05) is 11.8 Å². The summed E-state index contributed by atoms with van der Waals surface area (Å²) in [6, 6.07) is 10.2. The third-order valence-electron chi connectivity index (χ3n) is 2.49. The molecule has 0 saturated heterocycles. The van der Waals surface area contributed by atoms with Crippen LogP contribution in [0.2, 0.25) is 0 Å². The molecular weight excluding hydrogens is 232 g/mol. The number of nitrogens with two attached hydrogens (primary N) is 1. The van der Waals surface area contributed by atoms with Gasteiger partial charge in [0.15, 0.2) is 0 Å². The Morgan fingerprint density at radius 1 is 1.28 bits per heavy atom. The lowest BCUT2D eigenvalue weighted by molar-refractivity contribution is -0.384. The van der Waals surface area contributed by atoms with E-state index in [0.29, 0.717) is 0 Å². The first kappa shape index (κ1) is 11.8. The first-order valence-electron chi connectivity index (χ1n) is 5.31.